The highest BCUT2D eigenvalue weighted by Gasteiger charge is 2.10. The number of carbonyl (C=O) groups excluding carboxylic acids is 1. The van der Waals surface area contributed by atoms with E-state index in [0.29, 0.717) is 11.9 Å². The molecule has 0 aliphatic carbocycles. The molecular formula is C7H11BrN2O5S. The third-order valence-electron chi connectivity index (χ3n) is 1.21. The fourth-order valence-electron chi connectivity index (χ4n) is 0.714. The number of rotatable bonds is 1. The van der Waals surface area contributed by atoms with Gasteiger partial charge in [0.2, 0.25) is 0 Å². The lowest BCUT2D eigenvalue weighted by atomic mass is 10.4. The molecule has 0 amide bonds. The smallest absolute Gasteiger partial charge is 0.356 e. The molecular weight excluding hydrogens is 304 g/mol. The van der Waals surface area contributed by atoms with Gasteiger partial charge in [-0.2, -0.15) is 8.42 Å². The van der Waals surface area contributed by atoms with Gasteiger partial charge < -0.3 is 10.6 Å². The summed E-state index contributed by atoms with van der Waals surface area (Å²) in [5, 5.41) is 0. The van der Waals surface area contributed by atoms with Gasteiger partial charge in [-0.05, 0) is 22.0 Å². The van der Waals surface area contributed by atoms with Gasteiger partial charge in [0.05, 0.1) is 13.4 Å². The Bertz CT molecular complexity index is 459. The van der Waals surface area contributed by atoms with E-state index in [9.17, 15) is 13.2 Å². The molecule has 0 bridgehead atoms. The van der Waals surface area contributed by atoms with Crippen LogP contribution in [0.25, 0.3) is 0 Å². The number of aromatic nitrogens is 1. The molecule has 1 aromatic heterocycles. The molecule has 0 saturated heterocycles. The van der Waals surface area contributed by atoms with Gasteiger partial charge in [0.25, 0.3) is 10.1 Å². The van der Waals surface area contributed by atoms with Crippen LogP contribution in [0.2, 0.25) is 0 Å². The van der Waals surface area contributed by atoms with Gasteiger partial charge >= 0.3 is 5.97 Å². The first-order valence-electron chi connectivity index (χ1n) is 3.79. The Balaban J connectivity index is 0.000000385. The van der Waals surface area contributed by atoms with E-state index in [1.165, 1.54) is 11.8 Å². The van der Waals surface area contributed by atoms with Gasteiger partial charge in [-0.25, -0.2) is 4.79 Å². The van der Waals surface area contributed by atoms with Crippen LogP contribution in [0.4, 0.5) is 0 Å². The number of ether oxygens (including phenoxy) is 1. The highest BCUT2D eigenvalue weighted by atomic mass is 79.9. The number of halogens is 1. The van der Waals surface area contributed by atoms with Crippen LogP contribution in [-0.4, -0.2) is 37.0 Å². The van der Waals surface area contributed by atoms with Crippen molar-refractivity contribution in [3.8, 4) is 0 Å². The predicted molar refractivity (Wildman–Crippen MR) is 61.1 cm³/mol. The minimum Gasteiger partial charge on any atom is -0.464 e. The molecule has 0 unspecified atom stereocenters. The van der Waals surface area contributed by atoms with Crippen LogP contribution in [0.1, 0.15) is 10.5 Å². The van der Waals surface area contributed by atoms with Crippen LogP contribution in [0, 0.1) is 0 Å². The van der Waals surface area contributed by atoms with Crippen LogP contribution in [0.3, 0.4) is 0 Å². The second kappa shape index (κ2) is 5.87. The topological polar surface area (TPSA) is 112 Å². The Morgan fingerprint density at radius 1 is 1.62 bits per heavy atom. The molecule has 92 valence electrons. The molecule has 0 radical (unpaired) electrons. The molecule has 1 rings (SSSR count). The van der Waals surface area contributed by atoms with Crippen molar-refractivity contribution in [1.29, 1.82) is 0 Å². The van der Waals surface area contributed by atoms with Crippen molar-refractivity contribution in [2.45, 2.75) is 0 Å². The van der Waals surface area contributed by atoms with E-state index in [-0.39, 0.29) is 0 Å². The molecule has 0 saturated carbocycles. The van der Waals surface area contributed by atoms with Crippen molar-refractivity contribution in [1.82, 2.24) is 4.68 Å². The fourth-order valence-corrected chi connectivity index (χ4v) is 1.15. The summed E-state index contributed by atoms with van der Waals surface area (Å²) in [6.07, 6.45) is 2.29. The largest absolute Gasteiger partial charge is 0.464 e. The summed E-state index contributed by atoms with van der Waals surface area (Å²) in [7, 11) is -2.36. The van der Waals surface area contributed by atoms with Crippen LogP contribution < -0.4 is 5.84 Å². The van der Waals surface area contributed by atoms with Gasteiger partial charge in [0.15, 0.2) is 0 Å². The van der Waals surface area contributed by atoms with E-state index in [4.69, 9.17) is 10.4 Å². The molecule has 0 fully saturated rings. The molecule has 0 aromatic carbocycles. The third kappa shape index (κ3) is 6.43. The zero-order valence-corrected chi connectivity index (χ0v) is 10.9. The number of nitrogens with two attached hydrogens (primary N) is 1. The summed E-state index contributed by atoms with van der Waals surface area (Å²) in [5.41, 5.74) is 0.319. The van der Waals surface area contributed by atoms with Crippen molar-refractivity contribution < 1.29 is 22.5 Å². The van der Waals surface area contributed by atoms with Crippen molar-refractivity contribution in [2.24, 2.45) is 0 Å². The molecule has 7 nitrogen and oxygen atoms in total. The lowest BCUT2D eigenvalue weighted by molar-refractivity contribution is 0.0591. The Morgan fingerprint density at radius 2 is 2.06 bits per heavy atom. The van der Waals surface area contributed by atoms with E-state index in [1.54, 1.807) is 12.3 Å². The summed E-state index contributed by atoms with van der Waals surface area (Å²) >= 11 is 3.17. The van der Waals surface area contributed by atoms with Crippen molar-refractivity contribution in [2.75, 3.05) is 19.2 Å². The highest BCUT2D eigenvalue weighted by molar-refractivity contribution is 9.10. The molecule has 0 spiro atoms. The number of methoxy groups -OCH3 is 1. The van der Waals surface area contributed by atoms with Gasteiger partial charge in [-0.1, -0.05) is 0 Å². The van der Waals surface area contributed by atoms with E-state index in [0.717, 1.165) is 4.47 Å². The second-order valence-corrected chi connectivity index (χ2v) is 5.06. The van der Waals surface area contributed by atoms with Crippen LogP contribution in [0.5, 0.6) is 0 Å². The first-order valence-corrected chi connectivity index (χ1v) is 6.43. The number of carbonyl (C=O) groups is 1. The van der Waals surface area contributed by atoms with Crippen molar-refractivity contribution >= 4 is 32.0 Å². The van der Waals surface area contributed by atoms with E-state index >= 15 is 0 Å². The first-order chi connectivity index (χ1) is 7.15. The second-order valence-electron chi connectivity index (χ2n) is 2.68. The lowest BCUT2D eigenvalue weighted by Gasteiger charge is -1.98. The highest BCUT2D eigenvalue weighted by Crippen LogP contribution is 2.12. The fraction of sp³-hybridized carbons (Fsp3) is 0.286. The molecule has 9 heteroatoms. The first kappa shape index (κ1) is 14.9. The number of hydrogen-bond acceptors (Lipinski definition) is 5. The molecule has 0 aliphatic heterocycles. The summed E-state index contributed by atoms with van der Waals surface area (Å²) in [6, 6.07) is 1.59. The number of nitrogen functional groups attached to an aromatic ring is 1. The normalized spacial score (nSPS) is 10.2. The Hall–Kier alpha value is -1.06. The monoisotopic (exact) mass is 314 g/mol. The molecule has 0 atom stereocenters. The zero-order chi connectivity index (χ0) is 12.9. The predicted octanol–water partition coefficient (Wildman–Crippen LogP) is 0.255. The molecule has 1 heterocycles. The van der Waals surface area contributed by atoms with Gasteiger partial charge in [-0.15, -0.1) is 0 Å². The summed E-state index contributed by atoms with van der Waals surface area (Å²) < 4.78 is 32.3. The minimum atomic E-state index is -3.67. The van der Waals surface area contributed by atoms with E-state index in [2.05, 4.69) is 20.7 Å². The lowest BCUT2D eigenvalue weighted by Crippen LogP contribution is -2.15. The molecule has 16 heavy (non-hydrogen) atoms. The summed E-state index contributed by atoms with van der Waals surface area (Å²) in [5.74, 6) is 4.96. The third-order valence-corrected chi connectivity index (χ3v) is 1.64. The SMILES string of the molecule is COC(=O)c1cc(Br)cn1N.CS(=O)(=O)O. The van der Waals surface area contributed by atoms with Gasteiger partial charge in [0, 0.05) is 10.7 Å². The maximum absolute atomic E-state index is 10.9. The Labute approximate surface area is 101 Å². The quantitative estimate of drug-likeness (QED) is 0.437. The van der Waals surface area contributed by atoms with Crippen LogP contribution in [-0.2, 0) is 14.9 Å². The maximum Gasteiger partial charge on any atom is 0.356 e. The molecule has 0 aliphatic rings. The average molecular weight is 315 g/mol. The Kier molecular flexibility index (Phi) is 5.48. The number of hydrogen-bond donors (Lipinski definition) is 2. The maximum atomic E-state index is 10.9. The number of nitrogens with zero attached hydrogens (tertiary/aromatic N) is 1. The van der Waals surface area contributed by atoms with E-state index in [1.807, 2.05) is 0 Å². The van der Waals surface area contributed by atoms with E-state index < -0.39 is 16.1 Å². The van der Waals surface area contributed by atoms with Crippen LogP contribution >= 0.6 is 15.9 Å². The average Bonchev–Trinajstić information content (AvgIpc) is 2.41. The standard InChI is InChI=1S/C6H7BrN2O2.CH4O3S/c1-11-6(10)5-2-4(7)3-9(5)8;1-5(2,3)4/h2-3H,8H2,1H3;1H3,(H,2,3,4). The van der Waals surface area contributed by atoms with Gasteiger partial charge in [0.1, 0.15) is 5.69 Å². The molecule has 3 N–H and O–H groups in total. The Morgan fingerprint density at radius 3 is 2.31 bits per heavy atom. The van der Waals surface area contributed by atoms with Gasteiger partial charge in [-0.3, -0.25) is 9.23 Å². The number of esters is 1. The zero-order valence-electron chi connectivity index (χ0n) is 8.55. The summed E-state index contributed by atoms with van der Waals surface area (Å²) in [4.78, 5) is 10.9. The van der Waals surface area contributed by atoms with Crippen molar-refractivity contribution in [3.05, 3.63) is 22.4 Å². The van der Waals surface area contributed by atoms with Crippen molar-refractivity contribution in [3.63, 3.8) is 0 Å². The van der Waals surface area contributed by atoms with Crippen LogP contribution in [0.15, 0.2) is 16.7 Å². The molecule has 1 aromatic rings. The summed E-state index contributed by atoms with van der Waals surface area (Å²) in [6.45, 7) is 0. The minimum absolute atomic E-state index is 0.319.